The summed E-state index contributed by atoms with van der Waals surface area (Å²) >= 11 is 6.12. The first-order chi connectivity index (χ1) is 30.1. The highest BCUT2D eigenvalue weighted by Crippen LogP contribution is 2.29. The second kappa shape index (κ2) is 20.6. The lowest BCUT2D eigenvalue weighted by atomic mass is 9.88. The Morgan fingerprint density at radius 1 is 0.806 bits per heavy atom. The molecule has 0 saturated carbocycles. The van der Waals surface area contributed by atoms with Crippen molar-refractivity contribution in [1.82, 2.24) is 15.2 Å². The number of alkyl carbamates (subject to hydrolysis) is 1. The van der Waals surface area contributed by atoms with Crippen LogP contribution in [0.15, 0.2) is 143 Å². The Morgan fingerprint density at radius 2 is 1.45 bits per heavy atom. The van der Waals surface area contributed by atoms with E-state index in [0.717, 1.165) is 22.3 Å². The molecule has 0 unspecified atom stereocenters. The third kappa shape index (κ3) is 11.7. The largest absolute Gasteiger partial charge is 0.445 e. The van der Waals surface area contributed by atoms with E-state index in [2.05, 4.69) is 15.3 Å². The van der Waals surface area contributed by atoms with E-state index < -0.39 is 41.9 Å². The van der Waals surface area contributed by atoms with Crippen LogP contribution in [0, 0.1) is 5.92 Å². The number of fused-ring (bicyclic) bond motifs is 1. The minimum Gasteiger partial charge on any atom is -0.445 e. The van der Waals surface area contributed by atoms with Gasteiger partial charge >= 0.3 is 6.09 Å². The summed E-state index contributed by atoms with van der Waals surface area (Å²) in [7, 11) is 0. The van der Waals surface area contributed by atoms with Gasteiger partial charge in [0.1, 0.15) is 18.2 Å². The Kier molecular flexibility index (Phi) is 14.4. The number of ketones is 2. The fraction of sp³-hybridized carbons (Fsp3) is 0.250. The Bertz CT molecular complexity index is 2460. The number of carbonyl (C=O) groups excluding carboxylic acids is 4. The zero-order valence-electron chi connectivity index (χ0n) is 33.9. The van der Waals surface area contributed by atoms with E-state index in [4.69, 9.17) is 37.0 Å². The number of guanidine groups is 1. The van der Waals surface area contributed by atoms with Crippen LogP contribution < -0.4 is 16.8 Å². The molecule has 7 rings (SSSR count). The number of rotatable bonds is 18. The standard InChI is InChI=1S/C48H47ClN6O7/c49-36-20-15-34(16-21-36)29-60-38-27-41(55(28-38)46(58)40(24-19-31-9-3-1-4-10-31)54-48(59)61-30-33-11-5-2-6-12-33)42(56)26-35(25-32-17-22-37(23-18-32)52-47(50)51)44(57)45-53-39-13-7-8-14-43(39)62-45/h1-18,20-23,35,38,40-41H,19,24-30H2,(H,54,59)(H4,50,51,52)/t35-,38-,40-,41+/m1/s1. The number of halogens is 1. The van der Waals surface area contributed by atoms with Crippen LogP contribution in [0.4, 0.5) is 10.5 Å². The molecule has 2 amide bonds. The van der Waals surface area contributed by atoms with E-state index >= 15 is 0 Å². The number of nitrogens with two attached hydrogens (primary N) is 2. The number of aliphatic imine (C=N–C) groups is 1. The van der Waals surface area contributed by atoms with Crippen LogP contribution in [-0.4, -0.2) is 64.1 Å². The van der Waals surface area contributed by atoms with Gasteiger partial charge in [0.15, 0.2) is 17.3 Å². The van der Waals surface area contributed by atoms with Gasteiger partial charge < -0.3 is 35.6 Å². The first kappa shape index (κ1) is 43.3. The SMILES string of the molecule is NC(N)=Nc1ccc(C[C@H](CC(=O)[C@@H]2C[C@@H](OCc3ccc(Cl)cc3)CN2C(=O)[C@@H](CCc2ccccc2)NC(=O)OCc2ccccc2)C(=O)c2nc3ccccc3o2)cc1. The van der Waals surface area contributed by atoms with Gasteiger partial charge in [0.05, 0.1) is 24.4 Å². The number of ether oxygens (including phenoxy) is 2. The molecular formula is C48H47ClN6O7. The van der Waals surface area contributed by atoms with E-state index in [9.17, 15) is 19.2 Å². The van der Waals surface area contributed by atoms with E-state index in [1.807, 2.05) is 72.8 Å². The zero-order chi connectivity index (χ0) is 43.4. The minimum atomic E-state index is -1.05. The lowest BCUT2D eigenvalue weighted by Gasteiger charge is -2.29. The number of para-hydroxylation sites is 2. The van der Waals surface area contributed by atoms with Crippen LogP contribution in [0.3, 0.4) is 0 Å². The Balaban J connectivity index is 1.16. The molecule has 1 saturated heterocycles. The van der Waals surface area contributed by atoms with Crippen molar-refractivity contribution >= 4 is 57.9 Å². The first-order valence-corrected chi connectivity index (χ1v) is 20.7. The highest BCUT2D eigenvalue weighted by atomic mass is 35.5. The maximum absolute atomic E-state index is 14.8. The highest BCUT2D eigenvalue weighted by molar-refractivity contribution is 6.30. The topological polar surface area (TPSA) is 192 Å². The molecule has 1 fully saturated rings. The normalized spacial score (nSPS) is 15.7. The second-order valence-corrected chi connectivity index (χ2v) is 15.6. The number of hydrogen-bond acceptors (Lipinski definition) is 9. The minimum absolute atomic E-state index is 0.00419. The van der Waals surface area contributed by atoms with Crippen molar-refractivity contribution < 1.29 is 33.1 Å². The molecule has 5 N–H and O–H groups in total. The zero-order valence-corrected chi connectivity index (χ0v) is 34.7. The molecule has 6 aromatic rings. The van der Waals surface area contributed by atoms with Gasteiger partial charge in [0.25, 0.3) is 5.89 Å². The van der Waals surface area contributed by atoms with Gasteiger partial charge in [-0.05, 0) is 77.9 Å². The van der Waals surface area contributed by atoms with Crippen molar-refractivity contribution in [1.29, 1.82) is 0 Å². The van der Waals surface area contributed by atoms with Gasteiger partial charge in [-0.25, -0.2) is 14.8 Å². The van der Waals surface area contributed by atoms with Crippen LogP contribution in [0.2, 0.25) is 5.02 Å². The van der Waals surface area contributed by atoms with Gasteiger partial charge in [0.2, 0.25) is 11.7 Å². The summed E-state index contributed by atoms with van der Waals surface area (Å²) in [6.07, 6.45) is -0.554. The number of Topliss-reactive ketones (excluding diaryl/α,β-unsaturated/α-hetero) is 2. The van der Waals surface area contributed by atoms with Crippen LogP contribution in [0.5, 0.6) is 0 Å². The van der Waals surface area contributed by atoms with Crippen LogP contribution in [-0.2, 0) is 45.1 Å². The lowest BCUT2D eigenvalue weighted by molar-refractivity contribution is -0.139. The molecule has 1 aliphatic rings. The van der Waals surface area contributed by atoms with E-state index in [-0.39, 0.29) is 63.1 Å². The van der Waals surface area contributed by atoms with Crippen molar-refractivity contribution in [3.8, 4) is 0 Å². The summed E-state index contributed by atoms with van der Waals surface area (Å²) in [6.45, 7) is 0.284. The maximum atomic E-state index is 14.8. The van der Waals surface area contributed by atoms with Crippen LogP contribution >= 0.6 is 11.6 Å². The van der Waals surface area contributed by atoms with Gasteiger partial charge in [-0.2, -0.15) is 0 Å². The Hall–Kier alpha value is -6.83. The number of amides is 2. The second-order valence-electron chi connectivity index (χ2n) is 15.2. The smallest absolute Gasteiger partial charge is 0.408 e. The third-order valence-corrected chi connectivity index (χ3v) is 10.9. The number of hydrogen-bond donors (Lipinski definition) is 3. The van der Waals surface area contributed by atoms with Gasteiger partial charge in [0, 0.05) is 30.3 Å². The average Bonchev–Trinajstić information content (AvgIpc) is 3.93. The number of benzene rings is 5. The number of oxazole rings is 1. The van der Waals surface area contributed by atoms with Crippen molar-refractivity contribution in [3.63, 3.8) is 0 Å². The fourth-order valence-corrected chi connectivity index (χ4v) is 7.64. The Morgan fingerprint density at radius 3 is 2.15 bits per heavy atom. The summed E-state index contributed by atoms with van der Waals surface area (Å²) in [4.78, 5) is 67.2. The predicted molar refractivity (Wildman–Crippen MR) is 236 cm³/mol. The number of nitrogens with one attached hydrogen (secondary N) is 1. The molecule has 4 atom stereocenters. The number of aryl methyl sites for hydroxylation is 1. The molecule has 5 aromatic carbocycles. The summed E-state index contributed by atoms with van der Waals surface area (Å²) in [5.74, 6) is -2.42. The fourth-order valence-electron chi connectivity index (χ4n) is 7.51. The predicted octanol–water partition coefficient (Wildman–Crippen LogP) is 7.50. The van der Waals surface area contributed by atoms with Crippen molar-refractivity contribution in [2.75, 3.05) is 6.54 Å². The number of aromatic nitrogens is 1. The summed E-state index contributed by atoms with van der Waals surface area (Å²) in [5.41, 5.74) is 16.0. The highest BCUT2D eigenvalue weighted by Gasteiger charge is 2.43. The summed E-state index contributed by atoms with van der Waals surface area (Å²) in [5, 5.41) is 3.38. The van der Waals surface area contributed by atoms with Crippen LogP contribution in [0.1, 0.15) is 52.2 Å². The lowest BCUT2D eigenvalue weighted by Crippen LogP contribution is -2.52. The molecule has 14 heteroatoms. The quantitative estimate of drug-likeness (QED) is 0.0443. The van der Waals surface area contributed by atoms with E-state index in [1.165, 1.54) is 4.90 Å². The molecule has 13 nitrogen and oxygen atoms in total. The van der Waals surface area contributed by atoms with Gasteiger partial charge in [-0.1, -0.05) is 109 Å². The molecule has 0 spiro atoms. The van der Waals surface area contributed by atoms with Gasteiger partial charge in [-0.3, -0.25) is 14.4 Å². The number of nitrogens with zero attached hydrogens (tertiary/aromatic N) is 3. The molecule has 1 aromatic heterocycles. The summed E-state index contributed by atoms with van der Waals surface area (Å²) < 4.78 is 17.8. The van der Waals surface area contributed by atoms with Crippen LogP contribution in [0.25, 0.3) is 11.1 Å². The molecule has 2 heterocycles. The average molecular weight is 855 g/mol. The molecule has 0 aliphatic carbocycles. The molecule has 0 radical (unpaired) electrons. The molecule has 0 bridgehead atoms. The van der Waals surface area contributed by atoms with E-state index in [0.29, 0.717) is 28.2 Å². The first-order valence-electron chi connectivity index (χ1n) is 20.4. The molecule has 62 heavy (non-hydrogen) atoms. The summed E-state index contributed by atoms with van der Waals surface area (Å²) in [6, 6.07) is 38.0. The van der Waals surface area contributed by atoms with Gasteiger partial charge in [-0.15, -0.1) is 0 Å². The molecule has 318 valence electrons. The number of carbonyl (C=O) groups is 4. The molecule has 1 aliphatic heterocycles. The van der Waals surface area contributed by atoms with Crippen molar-refractivity contribution in [2.45, 2.75) is 63.5 Å². The number of likely N-dealkylation sites (tertiary alicyclic amines) is 1. The Labute approximate surface area is 364 Å². The molecular weight excluding hydrogens is 808 g/mol. The van der Waals surface area contributed by atoms with Crippen molar-refractivity contribution in [2.24, 2.45) is 22.4 Å². The monoisotopic (exact) mass is 854 g/mol. The van der Waals surface area contributed by atoms with E-state index in [1.54, 1.807) is 60.7 Å². The van der Waals surface area contributed by atoms with Crippen molar-refractivity contribution in [3.05, 3.63) is 167 Å². The third-order valence-electron chi connectivity index (χ3n) is 10.7. The maximum Gasteiger partial charge on any atom is 0.408 e.